The Bertz CT molecular complexity index is 584. The Balaban J connectivity index is 2.73. The number of hydrogen-bond acceptors (Lipinski definition) is 3. The predicted octanol–water partition coefficient (Wildman–Crippen LogP) is 1.33. The Morgan fingerprint density at radius 1 is 1.38 bits per heavy atom. The van der Waals surface area contributed by atoms with E-state index in [1.807, 2.05) is 23.5 Å². The van der Waals surface area contributed by atoms with Crippen LogP contribution in [0.1, 0.15) is 5.56 Å². The van der Waals surface area contributed by atoms with Gasteiger partial charge in [-0.05, 0) is 18.6 Å². The van der Waals surface area contributed by atoms with Crippen LogP contribution in [0.25, 0.3) is 16.8 Å². The number of hydrogen-bond donors (Lipinski definition) is 1. The second kappa shape index (κ2) is 1.90. The van der Waals surface area contributed by atoms with E-state index < -0.39 is 0 Å². The summed E-state index contributed by atoms with van der Waals surface area (Å²) in [6.45, 7) is 1.98. The lowest BCUT2D eigenvalue weighted by Gasteiger charge is -1.95. The second-order valence-electron chi connectivity index (χ2n) is 3.11. The Labute approximate surface area is 73.8 Å². The summed E-state index contributed by atoms with van der Waals surface area (Å²) in [7, 11) is 0. The molecule has 0 aliphatic carbocycles. The number of imidazole rings is 2. The standard InChI is InChI=1S/C9H7N3O/c1-5-2-3-7-11-9(13)6-4-10-8(5)12(6)7/h2-4H,1H3,(H,11,13). The van der Waals surface area contributed by atoms with Crippen LogP contribution in [0.15, 0.2) is 18.3 Å². The van der Waals surface area contributed by atoms with Gasteiger partial charge in [0.15, 0.2) is 0 Å². The molecule has 0 amide bonds. The highest BCUT2D eigenvalue weighted by atomic mass is 16.3. The molecular weight excluding hydrogens is 166 g/mol. The minimum atomic E-state index is 0.0492. The smallest absolute Gasteiger partial charge is 0.239 e. The monoisotopic (exact) mass is 173 g/mol. The Morgan fingerprint density at radius 3 is 3.08 bits per heavy atom. The highest BCUT2D eigenvalue weighted by molar-refractivity contribution is 5.73. The van der Waals surface area contributed by atoms with Gasteiger partial charge in [-0.3, -0.25) is 4.40 Å². The van der Waals surface area contributed by atoms with Gasteiger partial charge in [-0.25, -0.2) is 4.98 Å². The number of rotatable bonds is 0. The minimum absolute atomic E-state index is 0.0492. The third kappa shape index (κ3) is 0.654. The Hall–Kier alpha value is -1.84. The molecule has 0 aliphatic rings. The molecule has 0 fully saturated rings. The normalized spacial score (nSPS) is 11.8. The number of aromatic hydroxyl groups is 1. The molecule has 0 unspecified atom stereocenters. The van der Waals surface area contributed by atoms with Crippen molar-refractivity contribution in [1.29, 1.82) is 0 Å². The quantitative estimate of drug-likeness (QED) is 0.558. The van der Waals surface area contributed by atoms with E-state index in [-0.39, 0.29) is 5.88 Å². The van der Waals surface area contributed by atoms with Crippen molar-refractivity contribution in [3.63, 3.8) is 0 Å². The lowest BCUT2D eigenvalue weighted by molar-refractivity contribution is 0.463. The van der Waals surface area contributed by atoms with Crippen molar-refractivity contribution in [3.8, 4) is 5.88 Å². The molecule has 3 rings (SSSR count). The average Bonchev–Trinajstić information content (AvgIpc) is 2.64. The van der Waals surface area contributed by atoms with Crippen LogP contribution >= 0.6 is 0 Å². The van der Waals surface area contributed by atoms with Gasteiger partial charge in [0.05, 0.1) is 6.20 Å². The van der Waals surface area contributed by atoms with Crippen LogP contribution < -0.4 is 0 Å². The van der Waals surface area contributed by atoms with Gasteiger partial charge in [-0.1, -0.05) is 6.07 Å². The number of nitrogens with zero attached hydrogens (tertiary/aromatic N) is 3. The van der Waals surface area contributed by atoms with E-state index in [0.29, 0.717) is 5.52 Å². The summed E-state index contributed by atoms with van der Waals surface area (Å²) >= 11 is 0. The molecule has 3 aromatic heterocycles. The molecule has 64 valence electrons. The Kier molecular flexibility index (Phi) is 0.974. The van der Waals surface area contributed by atoms with E-state index in [9.17, 15) is 5.11 Å². The van der Waals surface area contributed by atoms with Crippen molar-refractivity contribution in [2.75, 3.05) is 0 Å². The van der Waals surface area contributed by atoms with E-state index in [2.05, 4.69) is 9.97 Å². The van der Waals surface area contributed by atoms with Crippen molar-refractivity contribution >= 4 is 16.8 Å². The van der Waals surface area contributed by atoms with Crippen molar-refractivity contribution < 1.29 is 5.11 Å². The molecule has 0 radical (unpaired) electrons. The van der Waals surface area contributed by atoms with Crippen LogP contribution in [0.4, 0.5) is 0 Å². The summed E-state index contributed by atoms with van der Waals surface area (Å²) in [5.74, 6) is 0.0492. The van der Waals surface area contributed by atoms with E-state index in [4.69, 9.17) is 0 Å². The lowest BCUT2D eigenvalue weighted by atomic mass is 10.3. The Morgan fingerprint density at radius 2 is 2.23 bits per heavy atom. The van der Waals surface area contributed by atoms with Gasteiger partial charge >= 0.3 is 0 Å². The molecule has 4 nitrogen and oxygen atoms in total. The average molecular weight is 173 g/mol. The van der Waals surface area contributed by atoms with Gasteiger partial charge < -0.3 is 5.11 Å². The molecule has 0 spiro atoms. The molecule has 0 aliphatic heterocycles. The number of pyridine rings is 1. The number of aryl methyl sites for hydroxylation is 1. The fraction of sp³-hybridized carbons (Fsp3) is 0.111. The summed E-state index contributed by atoms with van der Waals surface area (Å²) < 4.78 is 1.85. The van der Waals surface area contributed by atoms with Crippen LogP contribution in [-0.4, -0.2) is 19.5 Å². The van der Waals surface area contributed by atoms with Crippen LogP contribution in [0.3, 0.4) is 0 Å². The largest absolute Gasteiger partial charge is 0.492 e. The SMILES string of the molecule is Cc1ccc2nc(O)c3cnc1n23. The first kappa shape index (κ1) is 6.65. The molecule has 1 N–H and O–H groups in total. The maximum absolute atomic E-state index is 9.44. The van der Waals surface area contributed by atoms with Crippen LogP contribution in [0, 0.1) is 6.92 Å². The van der Waals surface area contributed by atoms with Gasteiger partial charge in [0, 0.05) is 0 Å². The first-order valence-corrected chi connectivity index (χ1v) is 4.02. The molecule has 3 heterocycles. The van der Waals surface area contributed by atoms with Gasteiger partial charge in [0.1, 0.15) is 16.8 Å². The van der Waals surface area contributed by atoms with Crippen molar-refractivity contribution in [2.24, 2.45) is 0 Å². The lowest BCUT2D eigenvalue weighted by Crippen LogP contribution is -1.86. The summed E-state index contributed by atoms with van der Waals surface area (Å²) in [6.07, 6.45) is 1.64. The first-order chi connectivity index (χ1) is 6.27. The van der Waals surface area contributed by atoms with Crippen molar-refractivity contribution in [1.82, 2.24) is 14.4 Å². The van der Waals surface area contributed by atoms with Crippen LogP contribution in [0.2, 0.25) is 0 Å². The zero-order valence-corrected chi connectivity index (χ0v) is 7.02. The maximum atomic E-state index is 9.44. The maximum Gasteiger partial charge on any atom is 0.239 e. The topological polar surface area (TPSA) is 50.4 Å². The molecule has 0 bridgehead atoms. The molecule has 3 aromatic rings. The van der Waals surface area contributed by atoms with E-state index >= 15 is 0 Å². The van der Waals surface area contributed by atoms with Gasteiger partial charge in [-0.2, -0.15) is 4.98 Å². The predicted molar refractivity (Wildman–Crippen MR) is 48.1 cm³/mol. The van der Waals surface area contributed by atoms with Gasteiger partial charge in [-0.15, -0.1) is 0 Å². The zero-order valence-electron chi connectivity index (χ0n) is 7.02. The van der Waals surface area contributed by atoms with Crippen molar-refractivity contribution in [3.05, 3.63) is 23.9 Å². The summed E-state index contributed by atoms with van der Waals surface area (Å²) in [6, 6.07) is 3.82. The summed E-state index contributed by atoms with van der Waals surface area (Å²) in [4.78, 5) is 8.20. The molecule has 0 atom stereocenters. The van der Waals surface area contributed by atoms with Gasteiger partial charge in [0.25, 0.3) is 0 Å². The summed E-state index contributed by atoms with van der Waals surface area (Å²) in [5, 5.41) is 9.44. The third-order valence-corrected chi connectivity index (χ3v) is 2.28. The van der Waals surface area contributed by atoms with Crippen LogP contribution in [0.5, 0.6) is 5.88 Å². The third-order valence-electron chi connectivity index (χ3n) is 2.28. The van der Waals surface area contributed by atoms with Crippen molar-refractivity contribution in [2.45, 2.75) is 6.92 Å². The van der Waals surface area contributed by atoms with E-state index in [1.54, 1.807) is 6.20 Å². The highest BCUT2D eigenvalue weighted by Gasteiger charge is 2.12. The molecule has 13 heavy (non-hydrogen) atoms. The molecular formula is C9H7N3O. The molecule has 0 aromatic carbocycles. The first-order valence-electron chi connectivity index (χ1n) is 4.02. The molecule has 4 heteroatoms. The number of aromatic nitrogens is 3. The molecule has 0 saturated carbocycles. The fourth-order valence-corrected chi connectivity index (χ4v) is 1.62. The summed E-state index contributed by atoms with van der Waals surface area (Å²) in [5.41, 5.74) is 3.36. The second-order valence-corrected chi connectivity index (χ2v) is 3.11. The minimum Gasteiger partial charge on any atom is -0.492 e. The fourth-order valence-electron chi connectivity index (χ4n) is 1.62. The molecule has 0 saturated heterocycles. The highest BCUT2D eigenvalue weighted by Crippen LogP contribution is 2.24. The van der Waals surface area contributed by atoms with Gasteiger partial charge in [0.2, 0.25) is 5.88 Å². The van der Waals surface area contributed by atoms with Crippen LogP contribution in [-0.2, 0) is 0 Å². The van der Waals surface area contributed by atoms with E-state index in [1.165, 1.54) is 0 Å². The van der Waals surface area contributed by atoms with E-state index in [0.717, 1.165) is 16.9 Å². The zero-order chi connectivity index (χ0) is 9.00.